The van der Waals surface area contributed by atoms with Gasteiger partial charge in [-0.05, 0) is 0 Å². The summed E-state index contributed by atoms with van der Waals surface area (Å²) >= 11 is -0.616. The van der Waals surface area contributed by atoms with Crippen molar-refractivity contribution in [2.24, 2.45) is 0 Å². The predicted molar refractivity (Wildman–Crippen MR) is 111 cm³/mol. The van der Waals surface area contributed by atoms with Gasteiger partial charge in [-0.25, -0.2) is 0 Å². The molecule has 2 aromatic carbocycles. The molecular formula is C22H28OSTe. The van der Waals surface area contributed by atoms with E-state index in [2.05, 4.69) is 63.2 Å². The zero-order valence-electron chi connectivity index (χ0n) is 15.5. The topological polar surface area (TPSA) is 17.1 Å². The molecule has 1 nitrogen and oxygen atoms in total. The molecule has 2 aromatic rings. The molecule has 25 heavy (non-hydrogen) atoms. The minimum absolute atomic E-state index is 0.616. The van der Waals surface area contributed by atoms with Gasteiger partial charge in [0.05, 0.1) is 0 Å². The molecule has 0 fully saturated rings. The Morgan fingerprint density at radius 1 is 0.960 bits per heavy atom. The van der Waals surface area contributed by atoms with Crippen LogP contribution >= 0.6 is 0 Å². The predicted octanol–water partition coefficient (Wildman–Crippen LogP) is 5.33. The van der Waals surface area contributed by atoms with Crippen LogP contribution in [0.4, 0.5) is 0 Å². The molecule has 0 saturated heterocycles. The number of unbranched alkanes of at least 4 members (excludes halogenated alkanes) is 2. The van der Waals surface area contributed by atoms with E-state index >= 15 is 0 Å². The van der Waals surface area contributed by atoms with Crippen molar-refractivity contribution in [2.75, 3.05) is 0 Å². The SMILES string of the molecule is CCCCC/C(CC)=C(\[Te]c1ccccc1)S(=O)c1ccc(C)cc1. The molecule has 0 aromatic heterocycles. The summed E-state index contributed by atoms with van der Waals surface area (Å²) in [5.41, 5.74) is 2.64. The van der Waals surface area contributed by atoms with E-state index in [0.29, 0.717) is 0 Å². The molecule has 0 radical (unpaired) electrons. The van der Waals surface area contributed by atoms with Gasteiger partial charge in [-0.2, -0.15) is 0 Å². The average molecular weight is 468 g/mol. The van der Waals surface area contributed by atoms with Crippen molar-refractivity contribution in [2.45, 2.75) is 57.8 Å². The van der Waals surface area contributed by atoms with Gasteiger partial charge in [0, 0.05) is 0 Å². The molecule has 134 valence electrons. The molecular weight excluding hydrogens is 440 g/mol. The fourth-order valence-electron chi connectivity index (χ4n) is 2.62. The van der Waals surface area contributed by atoms with E-state index in [4.69, 9.17) is 0 Å². The Labute approximate surface area is 165 Å². The van der Waals surface area contributed by atoms with Crippen LogP contribution in [0.5, 0.6) is 0 Å². The summed E-state index contributed by atoms with van der Waals surface area (Å²) in [6.07, 6.45) is 5.78. The van der Waals surface area contributed by atoms with Crippen molar-refractivity contribution in [3.8, 4) is 0 Å². The van der Waals surface area contributed by atoms with Crippen LogP contribution in [0, 0.1) is 6.92 Å². The maximum absolute atomic E-state index is 13.4. The normalized spacial score (nSPS) is 13.4. The number of hydrogen-bond donors (Lipinski definition) is 0. The van der Waals surface area contributed by atoms with Gasteiger partial charge in [-0.15, -0.1) is 0 Å². The molecule has 2 rings (SSSR count). The zero-order chi connectivity index (χ0) is 18.1. The van der Waals surface area contributed by atoms with Gasteiger partial charge in [-0.1, -0.05) is 0 Å². The Balaban J connectivity index is 2.35. The van der Waals surface area contributed by atoms with E-state index in [1.54, 1.807) is 0 Å². The molecule has 0 aliphatic rings. The standard InChI is InChI=1S/C22H28OSTe/c1-4-6-8-11-19(5-2)22(25-21-12-9-7-10-13-21)24(23)20-16-14-18(3)15-17-20/h7,9-10,12-17H,4-6,8,11H2,1-3H3/b22-19-. The van der Waals surface area contributed by atoms with Crippen molar-refractivity contribution >= 4 is 35.3 Å². The monoisotopic (exact) mass is 470 g/mol. The molecule has 0 bridgehead atoms. The van der Waals surface area contributed by atoms with E-state index in [0.717, 1.165) is 17.7 Å². The summed E-state index contributed by atoms with van der Waals surface area (Å²) in [4.78, 5) is 0.947. The van der Waals surface area contributed by atoms with E-state index in [1.807, 2.05) is 12.1 Å². The van der Waals surface area contributed by atoms with Gasteiger partial charge in [0.2, 0.25) is 0 Å². The van der Waals surface area contributed by atoms with E-state index < -0.39 is 31.7 Å². The first-order valence-corrected chi connectivity index (χ1v) is 12.6. The van der Waals surface area contributed by atoms with Crippen LogP contribution < -0.4 is 3.61 Å². The van der Waals surface area contributed by atoms with Crippen molar-refractivity contribution in [3.05, 3.63) is 68.7 Å². The fourth-order valence-corrected chi connectivity index (χ4v) is 8.48. The van der Waals surface area contributed by atoms with Crippen LogP contribution in [0.2, 0.25) is 0 Å². The second-order valence-corrected chi connectivity index (χ2v) is 11.5. The van der Waals surface area contributed by atoms with Gasteiger partial charge in [0.25, 0.3) is 0 Å². The molecule has 0 spiro atoms. The van der Waals surface area contributed by atoms with Gasteiger partial charge < -0.3 is 0 Å². The summed E-state index contributed by atoms with van der Waals surface area (Å²) < 4.78 is 16.0. The third-order valence-corrected chi connectivity index (χ3v) is 10.1. The second kappa shape index (κ2) is 11.0. The van der Waals surface area contributed by atoms with Crippen LogP contribution in [0.1, 0.15) is 51.5 Å². The fraction of sp³-hybridized carbons (Fsp3) is 0.364. The minimum atomic E-state index is -1.03. The summed E-state index contributed by atoms with van der Waals surface area (Å²) in [6, 6.07) is 18.8. The second-order valence-electron chi connectivity index (χ2n) is 6.20. The van der Waals surface area contributed by atoms with E-state index in [-0.39, 0.29) is 0 Å². The molecule has 0 saturated carbocycles. The van der Waals surface area contributed by atoms with Crippen molar-refractivity contribution < 1.29 is 4.21 Å². The Bertz CT molecular complexity index is 705. The van der Waals surface area contributed by atoms with Gasteiger partial charge in [0.1, 0.15) is 0 Å². The first-order chi connectivity index (χ1) is 12.2. The quantitative estimate of drug-likeness (QED) is 0.359. The van der Waals surface area contributed by atoms with Crippen LogP contribution in [-0.2, 0) is 10.8 Å². The maximum atomic E-state index is 13.4. The first-order valence-electron chi connectivity index (χ1n) is 9.09. The number of aryl methyl sites for hydroxylation is 1. The van der Waals surface area contributed by atoms with Crippen molar-refractivity contribution in [3.63, 3.8) is 0 Å². The van der Waals surface area contributed by atoms with Crippen molar-refractivity contribution in [1.82, 2.24) is 0 Å². The molecule has 0 N–H and O–H groups in total. The molecule has 3 heteroatoms. The Morgan fingerprint density at radius 2 is 1.64 bits per heavy atom. The molecule has 0 amide bonds. The van der Waals surface area contributed by atoms with Gasteiger partial charge in [-0.3, -0.25) is 0 Å². The molecule has 0 aliphatic heterocycles. The van der Waals surface area contributed by atoms with Crippen LogP contribution in [0.25, 0.3) is 0 Å². The summed E-state index contributed by atoms with van der Waals surface area (Å²) in [6.45, 7) is 6.52. The number of allylic oxidation sites excluding steroid dienone is 1. The molecule has 1 unspecified atom stereocenters. The Kier molecular flexibility index (Phi) is 8.96. The third-order valence-electron chi connectivity index (χ3n) is 4.15. The summed E-state index contributed by atoms with van der Waals surface area (Å²) in [5.74, 6) is 0. The number of rotatable bonds is 9. The summed E-state index contributed by atoms with van der Waals surface area (Å²) in [5, 5.41) is 0. The summed E-state index contributed by atoms with van der Waals surface area (Å²) in [7, 11) is -1.03. The first kappa shape index (κ1) is 20.4. The zero-order valence-corrected chi connectivity index (χ0v) is 18.6. The third kappa shape index (κ3) is 6.41. The van der Waals surface area contributed by atoms with Crippen LogP contribution in [0.15, 0.2) is 68.0 Å². The molecule has 1 atom stereocenters. The Hall–Kier alpha value is -0.880. The van der Waals surface area contributed by atoms with Crippen LogP contribution in [-0.4, -0.2) is 25.1 Å². The van der Waals surface area contributed by atoms with Gasteiger partial charge in [0.15, 0.2) is 0 Å². The van der Waals surface area contributed by atoms with E-state index in [9.17, 15) is 4.21 Å². The average Bonchev–Trinajstić information content (AvgIpc) is 2.65. The van der Waals surface area contributed by atoms with Crippen LogP contribution in [0.3, 0.4) is 0 Å². The number of benzene rings is 2. The van der Waals surface area contributed by atoms with E-state index in [1.165, 1.54) is 37.0 Å². The molecule has 0 aliphatic carbocycles. The Morgan fingerprint density at radius 3 is 2.24 bits per heavy atom. The number of hydrogen-bond acceptors (Lipinski definition) is 1. The molecule has 0 heterocycles. The van der Waals surface area contributed by atoms with Crippen molar-refractivity contribution in [1.29, 1.82) is 0 Å². The van der Waals surface area contributed by atoms with Gasteiger partial charge >= 0.3 is 166 Å².